The Morgan fingerprint density at radius 2 is 2.14 bits per heavy atom. The van der Waals surface area contributed by atoms with Crippen LogP contribution in [0.2, 0.25) is 0 Å². The van der Waals surface area contributed by atoms with E-state index >= 15 is 0 Å². The fourth-order valence-corrected chi connectivity index (χ4v) is 2.01. The molecule has 0 saturated heterocycles. The van der Waals surface area contributed by atoms with Crippen molar-refractivity contribution in [3.63, 3.8) is 0 Å². The Morgan fingerprint density at radius 3 is 2.71 bits per heavy atom. The molecule has 21 heavy (non-hydrogen) atoms. The number of nitrogens with zero attached hydrogens (tertiary/aromatic N) is 1. The van der Waals surface area contributed by atoms with Gasteiger partial charge < -0.3 is 10.1 Å². The molecule has 1 unspecified atom stereocenters. The number of aromatic nitrogens is 2. The van der Waals surface area contributed by atoms with Crippen LogP contribution in [0, 0.1) is 0 Å². The van der Waals surface area contributed by atoms with Crippen LogP contribution in [0.3, 0.4) is 0 Å². The van der Waals surface area contributed by atoms with Crippen molar-refractivity contribution in [2.75, 3.05) is 5.32 Å². The average Bonchev–Trinajstić information content (AvgIpc) is 2.79. The molecular formula is C15H28N4O2. The number of nitrogens with one attached hydrogen (secondary N) is 3. The van der Waals surface area contributed by atoms with E-state index < -0.39 is 11.7 Å². The highest BCUT2D eigenvalue weighted by Gasteiger charge is 2.18. The van der Waals surface area contributed by atoms with Gasteiger partial charge in [0.05, 0.1) is 6.20 Å². The van der Waals surface area contributed by atoms with Gasteiger partial charge in [-0.25, -0.2) is 4.79 Å². The summed E-state index contributed by atoms with van der Waals surface area (Å²) in [5, 5.41) is 13.0. The van der Waals surface area contributed by atoms with E-state index in [1.807, 2.05) is 20.8 Å². The van der Waals surface area contributed by atoms with E-state index in [9.17, 15) is 4.79 Å². The zero-order chi connectivity index (χ0) is 15.9. The van der Waals surface area contributed by atoms with Crippen LogP contribution in [0.25, 0.3) is 0 Å². The lowest BCUT2D eigenvalue weighted by Gasteiger charge is -2.20. The van der Waals surface area contributed by atoms with Gasteiger partial charge in [-0.1, -0.05) is 20.3 Å². The van der Waals surface area contributed by atoms with Crippen molar-refractivity contribution in [1.29, 1.82) is 0 Å². The lowest BCUT2D eigenvalue weighted by molar-refractivity contribution is 0.0635. The number of aromatic amines is 1. The highest BCUT2D eigenvalue weighted by molar-refractivity contribution is 5.84. The molecule has 0 aromatic carbocycles. The van der Waals surface area contributed by atoms with Crippen molar-refractivity contribution >= 4 is 11.9 Å². The molecule has 1 heterocycles. The van der Waals surface area contributed by atoms with Crippen LogP contribution in [0.15, 0.2) is 6.20 Å². The summed E-state index contributed by atoms with van der Waals surface area (Å²) in [4.78, 5) is 11.8. The van der Waals surface area contributed by atoms with Crippen LogP contribution < -0.4 is 10.6 Å². The second-order valence-corrected chi connectivity index (χ2v) is 6.17. The summed E-state index contributed by atoms with van der Waals surface area (Å²) in [5.74, 6) is 0.586. The Labute approximate surface area is 127 Å². The quantitative estimate of drug-likeness (QED) is 0.720. The fourth-order valence-electron chi connectivity index (χ4n) is 2.01. The molecule has 3 N–H and O–H groups in total. The average molecular weight is 296 g/mol. The van der Waals surface area contributed by atoms with Crippen molar-refractivity contribution in [2.45, 2.75) is 72.1 Å². The van der Waals surface area contributed by atoms with E-state index in [-0.39, 0.29) is 0 Å². The summed E-state index contributed by atoms with van der Waals surface area (Å²) in [6.07, 6.45) is 4.62. The van der Waals surface area contributed by atoms with Crippen LogP contribution in [0.1, 0.15) is 59.4 Å². The molecule has 6 heteroatoms. The minimum atomic E-state index is -0.517. The highest BCUT2D eigenvalue weighted by Crippen LogP contribution is 2.14. The predicted octanol–water partition coefficient (Wildman–Crippen LogP) is 3.43. The second kappa shape index (κ2) is 8.02. The molecule has 0 spiro atoms. The van der Waals surface area contributed by atoms with Gasteiger partial charge >= 0.3 is 6.09 Å². The predicted molar refractivity (Wildman–Crippen MR) is 84.3 cm³/mol. The molecule has 1 aromatic rings. The van der Waals surface area contributed by atoms with E-state index in [1.54, 1.807) is 6.20 Å². The van der Waals surface area contributed by atoms with Gasteiger partial charge in [-0.3, -0.25) is 10.4 Å². The summed E-state index contributed by atoms with van der Waals surface area (Å²) >= 11 is 0. The number of ether oxygens (including phenoxy) is 1. The van der Waals surface area contributed by atoms with E-state index in [0.29, 0.717) is 18.4 Å². The molecule has 1 aromatic heterocycles. The smallest absolute Gasteiger partial charge is 0.413 e. The van der Waals surface area contributed by atoms with Crippen LogP contribution in [0.5, 0.6) is 0 Å². The zero-order valence-corrected chi connectivity index (χ0v) is 13.7. The molecule has 0 aliphatic heterocycles. The number of carbonyl (C=O) groups is 1. The minimum absolute atomic E-state index is 0.478. The minimum Gasteiger partial charge on any atom is -0.444 e. The maximum absolute atomic E-state index is 11.8. The van der Waals surface area contributed by atoms with Gasteiger partial charge in [0, 0.05) is 18.2 Å². The van der Waals surface area contributed by atoms with Gasteiger partial charge in [0.25, 0.3) is 0 Å². The Balaban J connectivity index is 2.55. The van der Waals surface area contributed by atoms with Crippen molar-refractivity contribution in [1.82, 2.24) is 15.5 Å². The number of amides is 1. The normalized spacial score (nSPS) is 13.0. The molecule has 0 bridgehead atoms. The van der Waals surface area contributed by atoms with E-state index in [2.05, 4.69) is 34.7 Å². The van der Waals surface area contributed by atoms with Crippen molar-refractivity contribution in [3.8, 4) is 0 Å². The van der Waals surface area contributed by atoms with E-state index in [0.717, 1.165) is 24.8 Å². The summed E-state index contributed by atoms with van der Waals surface area (Å²) in [6.45, 7) is 10.5. The first kappa shape index (κ1) is 17.5. The SMILES string of the molecule is CCCC(CC)NCc1cn[nH]c1NC(=O)OC(C)(C)C. The van der Waals surface area contributed by atoms with E-state index in [4.69, 9.17) is 4.74 Å². The molecule has 1 rings (SSSR count). The lowest BCUT2D eigenvalue weighted by atomic mass is 10.1. The molecule has 0 fully saturated rings. The fraction of sp³-hybridized carbons (Fsp3) is 0.733. The molecule has 0 radical (unpaired) electrons. The summed E-state index contributed by atoms with van der Waals surface area (Å²) < 4.78 is 5.23. The van der Waals surface area contributed by atoms with E-state index in [1.165, 1.54) is 0 Å². The number of hydrogen-bond acceptors (Lipinski definition) is 4. The third kappa shape index (κ3) is 6.62. The first-order valence-electron chi connectivity index (χ1n) is 7.61. The van der Waals surface area contributed by atoms with Gasteiger partial charge in [-0.2, -0.15) is 5.10 Å². The summed E-state index contributed by atoms with van der Waals surface area (Å²) in [7, 11) is 0. The lowest BCUT2D eigenvalue weighted by Crippen LogP contribution is -2.29. The maximum Gasteiger partial charge on any atom is 0.413 e. The summed E-state index contributed by atoms with van der Waals surface area (Å²) in [6, 6.07) is 0.485. The molecule has 0 aliphatic carbocycles. The van der Waals surface area contributed by atoms with Crippen molar-refractivity contribution in [3.05, 3.63) is 11.8 Å². The Morgan fingerprint density at radius 1 is 1.43 bits per heavy atom. The molecule has 1 atom stereocenters. The van der Waals surface area contributed by atoms with Gasteiger partial charge in [-0.15, -0.1) is 0 Å². The Bertz CT molecular complexity index is 437. The number of rotatable bonds is 7. The second-order valence-electron chi connectivity index (χ2n) is 6.17. The number of H-pyrrole nitrogens is 1. The van der Waals surface area contributed by atoms with Crippen LogP contribution in [0.4, 0.5) is 10.6 Å². The van der Waals surface area contributed by atoms with Gasteiger partial charge in [0.1, 0.15) is 11.4 Å². The monoisotopic (exact) mass is 296 g/mol. The third-order valence-electron chi connectivity index (χ3n) is 3.05. The number of anilines is 1. The molecular weight excluding hydrogens is 268 g/mol. The van der Waals surface area contributed by atoms with Crippen LogP contribution in [-0.2, 0) is 11.3 Å². The molecule has 6 nitrogen and oxygen atoms in total. The van der Waals surface area contributed by atoms with Crippen molar-refractivity contribution < 1.29 is 9.53 Å². The zero-order valence-electron chi connectivity index (χ0n) is 13.7. The number of hydrogen-bond donors (Lipinski definition) is 3. The standard InChI is InChI=1S/C15H28N4O2/c1-6-8-12(7-2)16-9-11-10-17-19-13(11)18-14(20)21-15(3,4)5/h10,12,16H,6-9H2,1-5H3,(H2,17,18,19,20). The third-order valence-corrected chi connectivity index (χ3v) is 3.05. The first-order valence-corrected chi connectivity index (χ1v) is 7.61. The molecule has 1 amide bonds. The molecule has 0 aliphatic rings. The van der Waals surface area contributed by atoms with Crippen LogP contribution >= 0.6 is 0 Å². The molecule has 0 saturated carbocycles. The number of carbonyl (C=O) groups excluding carboxylic acids is 1. The van der Waals surface area contributed by atoms with Gasteiger partial charge in [0.2, 0.25) is 0 Å². The summed E-state index contributed by atoms with van der Waals surface area (Å²) in [5.41, 5.74) is 0.409. The largest absolute Gasteiger partial charge is 0.444 e. The van der Waals surface area contributed by atoms with Gasteiger partial charge in [0.15, 0.2) is 0 Å². The Hall–Kier alpha value is -1.56. The Kier molecular flexibility index (Phi) is 6.68. The maximum atomic E-state index is 11.8. The van der Waals surface area contributed by atoms with Gasteiger partial charge in [-0.05, 0) is 33.6 Å². The molecule has 120 valence electrons. The highest BCUT2D eigenvalue weighted by atomic mass is 16.6. The topological polar surface area (TPSA) is 79.0 Å². The first-order chi connectivity index (χ1) is 9.85. The van der Waals surface area contributed by atoms with Crippen LogP contribution in [-0.4, -0.2) is 27.9 Å². The van der Waals surface area contributed by atoms with Crippen molar-refractivity contribution in [2.24, 2.45) is 0 Å².